The molecule has 0 saturated heterocycles. The van der Waals surface area contributed by atoms with Crippen molar-refractivity contribution >= 4 is 28.6 Å². The van der Waals surface area contributed by atoms with Gasteiger partial charge in [0.1, 0.15) is 0 Å². The highest BCUT2D eigenvalue weighted by Crippen LogP contribution is 2.37. The van der Waals surface area contributed by atoms with Crippen molar-refractivity contribution in [3.63, 3.8) is 0 Å². The Bertz CT molecular complexity index is 584. The summed E-state index contributed by atoms with van der Waals surface area (Å²) in [7, 11) is 2.06. The Hall–Kier alpha value is -1.22. The summed E-state index contributed by atoms with van der Waals surface area (Å²) < 4.78 is 2.13. The largest absolute Gasteiger partial charge is 0.355 e. The second-order valence-corrected chi connectivity index (χ2v) is 6.30. The predicted molar refractivity (Wildman–Crippen MR) is 85.4 cm³/mol. The van der Waals surface area contributed by atoms with E-state index in [1.807, 2.05) is 6.07 Å². The number of aromatic nitrogens is 2. The van der Waals surface area contributed by atoms with Gasteiger partial charge in [0.05, 0.1) is 11.0 Å². The lowest BCUT2D eigenvalue weighted by Crippen LogP contribution is -2.34. The van der Waals surface area contributed by atoms with Crippen molar-refractivity contribution in [1.82, 2.24) is 9.55 Å². The monoisotopic (exact) mass is 291 g/mol. The van der Waals surface area contributed by atoms with Crippen LogP contribution in [0, 0.1) is 5.41 Å². The number of hydrogen-bond donors (Lipinski definition) is 1. The maximum atomic E-state index is 6.25. The van der Waals surface area contributed by atoms with Crippen molar-refractivity contribution in [3.8, 4) is 0 Å². The summed E-state index contributed by atoms with van der Waals surface area (Å²) in [6.07, 6.45) is 6.42. The average Bonchev–Trinajstić information content (AvgIpc) is 2.83. The molecule has 1 heterocycles. The minimum atomic E-state index is 0.248. The fraction of sp³-hybridized carbons (Fsp3) is 0.562. The topological polar surface area (TPSA) is 29.9 Å². The number of nitrogens with one attached hydrogen (secondary N) is 1. The first kappa shape index (κ1) is 13.7. The quantitative estimate of drug-likeness (QED) is 0.857. The zero-order valence-corrected chi connectivity index (χ0v) is 12.8. The number of fused-ring (bicyclic) bond motifs is 1. The summed E-state index contributed by atoms with van der Waals surface area (Å²) >= 11 is 6.25. The van der Waals surface area contributed by atoms with Crippen molar-refractivity contribution in [1.29, 1.82) is 0 Å². The Morgan fingerprint density at radius 1 is 1.25 bits per heavy atom. The summed E-state index contributed by atoms with van der Waals surface area (Å²) in [6.45, 7) is 0.924. The van der Waals surface area contributed by atoms with E-state index in [1.54, 1.807) is 0 Å². The second kappa shape index (κ2) is 5.65. The van der Waals surface area contributed by atoms with Crippen LogP contribution in [0.3, 0.4) is 0 Å². The second-order valence-electron chi connectivity index (χ2n) is 6.03. The molecule has 1 N–H and O–H groups in total. The van der Waals surface area contributed by atoms with E-state index >= 15 is 0 Å². The van der Waals surface area contributed by atoms with Crippen molar-refractivity contribution in [2.24, 2.45) is 12.5 Å². The number of halogens is 1. The fourth-order valence-electron chi connectivity index (χ4n) is 3.23. The molecule has 1 aromatic carbocycles. The molecule has 0 amide bonds. The van der Waals surface area contributed by atoms with Gasteiger partial charge in [-0.25, -0.2) is 4.98 Å². The van der Waals surface area contributed by atoms with Gasteiger partial charge in [-0.3, -0.25) is 0 Å². The lowest BCUT2D eigenvalue weighted by molar-refractivity contribution is 0.237. The van der Waals surface area contributed by atoms with Gasteiger partial charge in [-0.2, -0.15) is 0 Å². The van der Waals surface area contributed by atoms with Crippen LogP contribution in [0.1, 0.15) is 32.1 Å². The molecule has 0 atom stereocenters. The number of para-hydroxylation sites is 2. The molecule has 0 unspecified atom stereocenters. The molecule has 0 bridgehead atoms. The minimum absolute atomic E-state index is 0.248. The van der Waals surface area contributed by atoms with E-state index in [4.69, 9.17) is 11.6 Å². The highest BCUT2D eigenvalue weighted by Gasteiger charge is 2.31. The zero-order chi connectivity index (χ0) is 14.0. The van der Waals surface area contributed by atoms with Crippen molar-refractivity contribution in [2.75, 3.05) is 17.7 Å². The third kappa shape index (κ3) is 2.51. The molecule has 1 aromatic heterocycles. The van der Waals surface area contributed by atoms with Gasteiger partial charge in [-0.05, 0) is 25.0 Å². The summed E-state index contributed by atoms with van der Waals surface area (Å²) in [5, 5.41) is 3.53. The lowest BCUT2D eigenvalue weighted by Gasteiger charge is -2.35. The molecule has 108 valence electrons. The number of anilines is 1. The van der Waals surface area contributed by atoms with Crippen LogP contribution < -0.4 is 5.32 Å². The van der Waals surface area contributed by atoms with Gasteiger partial charge in [0.15, 0.2) is 0 Å². The number of aryl methyl sites for hydroxylation is 1. The van der Waals surface area contributed by atoms with Crippen LogP contribution >= 0.6 is 11.6 Å². The number of nitrogens with zero attached hydrogens (tertiary/aromatic N) is 2. The average molecular weight is 292 g/mol. The van der Waals surface area contributed by atoms with E-state index in [-0.39, 0.29) is 5.41 Å². The van der Waals surface area contributed by atoms with Gasteiger partial charge in [0.2, 0.25) is 5.95 Å². The molecule has 1 aliphatic rings. The van der Waals surface area contributed by atoms with Crippen molar-refractivity contribution in [2.45, 2.75) is 32.1 Å². The van der Waals surface area contributed by atoms with Crippen molar-refractivity contribution < 1.29 is 0 Å². The van der Waals surface area contributed by atoms with E-state index < -0.39 is 0 Å². The summed E-state index contributed by atoms with van der Waals surface area (Å²) in [5.74, 6) is 1.69. The number of benzene rings is 1. The normalized spacial score (nSPS) is 18.3. The highest BCUT2D eigenvalue weighted by molar-refractivity contribution is 6.18. The number of rotatable bonds is 4. The smallest absolute Gasteiger partial charge is 0.203 e. The van der Waals surface area contributed by atoms with Crippen LogP contribution in [0.15, 0.2) is 24.3 Å². The minimum Gasteiger partial charge on any atom is -0.355 e. The summed E-state index contributed by atoms with van der Waals surface area (Å²) in [6, 6.07) is 8.24. The Morgan fingerprint density at radius 3 is 2.70 bits per heavy atom. The van der Waals surface area contributed by atoms with Gasteiger partial charge in [0, 0.05) is 24.9 Å². The Morgan fingerprint density at radius 2 is 2.00 bits per heavy atom. The van der Waals surface area contributed by atoms with Gasteiger partial charge >= 0.3 is 0 Å². The van der Waals surface area contributed by atoms with Gasteiger partial charge in [0.25, 0.3) is 0 Å². The molecule has 3 rings (SSSR count). The lowest BCUT2D eigenvalue weighted by atomic mass is 9.75. The molecule has 0 spiro atoms. The number of imidazole rings is 1. The molecule has 2 aromatic rings. The number of alkyl halides is 1. The third-order valence-electron chi connectivity index (χ3n) is 4.61. The Kier molecular flexibility index (Phi) is 3.88. The van der Waals surface area contributed by atoms with E-state index in [9.17, 15) is 0 Å². The van der Waals surface area contributed by atoms with E-state index in [2.05, 4.69) is 40.1 Å². The van der Waals surface area contributed by atoms with Crippen LogP contribution in [-0.2, 0) is 7.05 Å². The number of hydrogen-bond acceptors (Lipinski definition) is 2. The third-order valence-corrected chi connectivity index (χ3v) is 5.17. The van der Waals surface area contributed by atoms with Crippen LogP contribution in [-0.4, -0.2) is 22.0 Å². The van der Waals surface area contributed by atoms with E-state index in [0.29, 0.717) is 0 Å². The molecule has 0 aliphatic heterocycles. The highest BCUT2D eigenvalue weighted by atomic mass is 35.5. The standard InChI is InChI=1S/C16H22ClN3/c1-20-14-8-4-3-7-13(14)19-15(20)18-12-16(11-17)9-5-2-6-10-16/h3-4,7-8H,2,5-6,9-12H2,1H3,(H,18,19). The van der Waals surface area contributed by atoms with Crippen LogP contribution in [0.4, 0.5) is 5.95 Å². The Balaban J connectivity index is 1.77. The molecular formula is C16H22ClN3. The van der Waals surface area contributed by atoms with Crippen LogP contribution in [0.25, 0.3) is 11.0 Å². The molecule has 1 fully saturated rings. The first-order valence-electron chi connectivity index (χ1n) is 7.45. The summed E-state index contributed by atoms with van der Waals surface area (Å²) in [4.78, 5) is 4.67. The maximum Gasteiger partial charge on any atom is 0.203 e. The first-order valence-corrected chi connectivity index (χ1v) is 7.99. The molecule has 0 radical (unpaired) electrons. The van der Waals surface area contributed by atoms with Gasteiger partial charge in [-0.15, -0.1) is 11.6 Å². The molecule has 4 heteroatoms. The molecule has 1 aliphatic carbocycles. The first-order chi connectivity index (χ1) is 9.74. The van der Waals surface area contributed by atoms with Gasteiger partial charge < -0.3 is 9.88 Å². The maximum absolute atomic E-state index is 6.25. The Labute approximate surface area is 125 Å². The van der Waals surface area contributed by atoms with Crippen LogP contribution in [0.2, 0.25) is 0 Å². The zero-order valence-electron chi connectivity index (χ0n) is 12.0. The molecular weight excluding hydrogens is 270 g/mol. The fourth-order valence-corrected chi connectivity index (χ4v) is 3.59. The van der Waals surface area contributed by atoms with Gasteiger partial charge in [-0.1, -0.05) is 31.4 Å². The summed E-state index contributed by atoms with van der Waals surface area (Å²) in [5.41, 5.74) is 2.46. The molecule has 20 heavy (non-hydrogen) atoms. The van der Waals surface area contributed by atoms with E-state index in [0.717, 1.165) is 23.9 Å². The van der Waals surface area contributed by atoms with Crippen molar-refractivity contribution in [3.05, 3.63) is 24.3 Å². The molecule has 3 nitrogen and oxygen atoms in total. The SMILES string of the molecule is Cn1c(NCC2(CCl)CCCCC2)nc2ccccc21. The molecule has 1 saturated carbocycles. The predicted octanol–water partition coefficient (Wildman–Crippen LogP) is 4.17. The van der Waals surface area contributed by atoms with E-state index in [1.165, 1.54) is 37.6 Å². The van der Waals surface area contributed by atoms with Crippen LogP contribution in [0.5, 0.6) is 0 Å².